The lowest BCUT2D eigenvalue weighted by Crippen LogP contribution is -2.29. The number of aromatic nitrogens is 3. The average molecular weight is 316 g/mol. The average Bonchev–Trinajstić information content (AvgIpc) is 2.53. The topological polar surface area (TPSA) is 192 Å². The molecule has 7 N–H and O–H groups in total. The molecule has 11 nitrogen and oxygen atoms in total. The van der Waals surface area contributed by atoms with Gasteiger partial charge < -0.3 is 30.4 Å². The Hall–Kier alpha value is -0.800. The summed E-state index contributed by atoms with van der Waals surface area (Å²) in [6.45, 7) is 0. The molecule has 0 amide bonds. The minimum absolute atomic E-state index is 0.0683. The standard InChI is InChI=1S/C6H14N4O7P2/c1-10-5(7)4(8-9-10)2-3-6(11,18(12,13)14)19(15,16)17/h11H,2-3,7H2,1H3,(H2,12,13,14)(H2,15,16,17). The van der Waals surface area contributed by atoms with Gasteiger partial charge in [0.2, 0.25) is 0 Å². The molecule has 0 saturated carbocycles. The molecule has 0 spiro atoms. The number of anilines is 1. The zero-order chi connectivity index (χ0) is 15.1. The molecule has 0 radical (unpaired) electrons. The highest BCUT2D eigenvalue weighted by Crippen LogP contribution is 2.69. The van der Waals surface area contributed by atoms with Gasteiger partial charge in [-0.3, -0.25) is 9.13 Å². The summed E-state index contributed by atoms with van der Waals surface area (Å²) in [4.78, 5) is 35.7. The molecule has 13 heteroatoms. The van der Waals surface area contributed by atoms with Crippen LogP contribution in [-0.4, -0.2) is 44.8 Å². The highest BCUT2D eigenvalue weighted by molar-refractivity contribution is 7.72. The molecule has 0 aliphatic carbocycles. The number of hydrogen-bond donors (Lipinski definition) is 6. The Kier molecular flexibility index (Phi) is 4.23. The smallest absolute Gasteiger partial charge is 0.369 e. The summed E-state index contributed by atoms with van der Waals surface area (Å²) >= 11 is 0. The van der Waals surface area contributed by atoms with E-state index in [9.17, 15) is 14.2 Å². The first-order valence-corrected chi connectivity index (χ1v) is 8.10. The Morgan fingerprint density at radius 2 is 1.74 bits per heavy atom. The van der Waals surface area contributed by atoms with Crippen LogP contribution in [-0.2, 0) is 22.6 Å². The van der Waals surface area contributed by atoms with E-state index < -0.39 is 26.7 Å². The fourth-order valence-electron chi connectivity index (χ4n) is 1.33. The van der Waals surface area contributed by atoms with Crippen molar-refractivity contribution in [3.63, 3.8) is 0 Å². The predicted molar refractivity (Wildman–Crippen MR) is 62.8 cm³/mol. The van der Waals surface area contributed by atoms with E-state index >= 15 is 0 Å². The fourth-order valence-corrected chi connectivity index (χ4v) is 3.50. The minimum atomic E-state index is -5.46. The number of aryl methyl sites for hydroxylation is 2. The van der Waals surface area contributed by atoms with Crippen molar-refractivity contribution >= 4 is 21.0 Å². The molecule has 0 unspecified atom stereocenters. The first kappa shape index (κ1) is 16.3. The highest BCUT2D eigenvalue weighted by Gasteiger charge is 2.58. The molecule has 1 aromatic rings. The second kappa shape index (κ2) is 4.95. The van der Waals surface area contributed by atoms with Crippen molar-refractivity contribution < 1.29 is 33.8 Å². The predicted octanol–water partition coefficient (Wildman–Crippen LogP) is -1.67. The molecule has 0 fully saturated rings. The van der Waals surface area contributed by atoms with E-state index in [1.54, 1.807) is 0 Å². The molecule has 0 aromatic carbocycles. The lowest BCUT2D eigenvalue weighted by Gasteiger charge is -2.28. The largest absolute Gasteiger partial charge is 0.382 e. The lowest BCUT2D eigenvalue weighted by molar-refractivity contribution is 0.123. The number of aliphatic hydroxyl groups is 1. The van der Waals surface area contributed by atoms with Crippen molar-refractivity contribution in [1.82, 2.24) is 15.0 Å². The maximum absolute atomic E-state index is 11.1. The summed E-state index contributed by atoms with van der Waals surface area (Å²) < 4.78 is 23.4. The van der Waals surface area contributed by atoms with Crippen LogP contribution in [0.25, 0.3) is 0 Å². The van der Waals surface area contributed by atoms with Crippen LogP contribution in [0.3, 0.4) is 0 Å². The van der Waals surface area contributed by atoms with E-state index in [-0.39, 0.29) is 17.9 Å². The monoisotopic (exact) mass is 316 g/mol. The van der Waals surface area contributed by atoms with Crippen LogP contribution < -0.4 is 5.73 Å². The van der Waals surface area contributed by atoms with E-state index in [1.165, 1.54) is 11.7 Å². The van der Waals surface area contributed by atoms with Crippen molar-refractivity contribution in [3.8, 4) is 0 Å². The summed E-state index contributed by atoms with van der Waals surface area (Å²) in [5.74, 6) is 0.0683. The molecular formula is C6H14N4O7P2. The Balaban J connectivity index is 3.03. The molecule has 0 aliphatic heterocycles. The van der Waals surface area contributed by atoms with Crippen molar-refractivity contribution in [2.24, 2.45) is 7.05 Å². The number of hydrogen-bond acceptors (Lipinski definition) is 6. The molecule has 0 aliphatic rings. The van der Waals surface area contributed by atoms with E-state index in [1.807, 2.05) is 0 Å². The van der Waals surface area contributed by atoms with E-state index in [4.69, 9.17) is 25.3 Å². The summed E-state index contributed by atoms with van der Waals surface area (Å²) in [5, 5.41) is 13.2. The van der Waals surface area contributed by atoms with Gasteiger partial charge in [0.1, 0.15) is 11.5 Å². The number of nitrogen functional groups attached to an aromatic ring is 1. The van der Waals surface area contributed by atoms with E-state index in [0.29, 0.717) is 0 Å². The maximum atomic E-state index is 11.1. The first-order chi connectivity index (χ1) is 8.40. The van der Waals surface area contributed by atoms with Crippen molar-refractivity contribution in [2.45, 2.75) is 17.9 Å². The molecular weight excluding hydrogens is 302 g/mol. The Morgan fingerprint density at radius 3 is 2.05 bits per heavy atom. The minimum Gasteiger partial charge on any atom is -0.382 e. The van der Waals surface area contributed by atoms with Gasteiger partial charge in [0, 0.05) is 13.5 Å². The van der Waals surface area contributed by atoms with Crippen LogP contribution in [0.15, 0.2) is 0 Å². The molecule has 0 atom stereocenters. The fraction of sp³-hybridized carbons (Fsp3) is 0.667. The van der Waals surface area contributed by atoms with Gasteiger partial charge in [-0.25, -0.2) is 4.68 Å². The van der Waals surface area contributed by atoms with Crippen LogP contribution in [0.4, 0.5) is 5.82 Å². The zero-order valence-corrected chi connectivity index (χ0v) is 11.6. The van der Waals surface area contributed by atoms with Gasteiger partial charge in [-0.15, -0.1) is 5.10 Å². The van der Waals surface area contributed by atoms with Crippen LogP contribution in [0.5, 0.6) is 0 Å². The third kappa shape index (κ3) is 3.03. The van der Waals surface area contributed by atoms with Crippen molar-refractivity contribution in [1.29, 1.82) is 0 Å². The van der Waals surface area contributed by atoms with E-state index in [2.05, 4.69) is 10.3 Å². The molecule has 110 valence electrons. The summed E-state index contributed by atoms with van der Waals surface area (Å²) in [6.07, 6.45) is -1.27. The highest BCUT2D eigenvalue weighted by atomic mass is 31.2. The van der Waals surface area contributed by atoms with E-state index in [0.717, 1.165) is 0 Å². The molecule has 0 bridgehead atoms. The van der Waals surface area contributed by atoms with Gasteiger partial charge in [0.05, 0.1) is 0 Å². The second-order valence-electron chi connectivity index (χ2n) is 3.91. The normalized spacial score (nSPS) is 13.8. The molecule has 1 aromatic heterocycles. The van der Waals surface area contributed by atoms with Gasteiger partial charge in [0.15, 0.2) is 0 Å². The quantitative estimate of drug-likeness (QED) is 0.342. The maximum Gasteiger partial charge on any atom is 0.369 e. The lowest BCUT2D eigenvalue weighted by atomic mass is 10.2. The van der Waals surface area contributed by atoms with Gasteiger partial charge in [-0.05, 0) is 6.42 Å². The summed E-state index contributed by atoms with van der Waals surface area (Å²) in [6, 6.07) is 0. The third-order valence-corrected chi connectivity index (χ3v) is 6.45. The molecule has 19 heavy (non-hydrogen) atoms. The molecule has 1 rings (SSSR count). The van der Waals surface area contributed by atoms with Gasteiger partial charge in [-0.2, -0.15) is 0 Å². The second-order valence-corrected chi connectivity index (χ2v) is 7.92. The summed E-state index contributed by atoms with van der Waals surface area (Å²) in [5.41, 5.74) is 5.59. The van der Waals surface area contributed by atoms with Gasteiger partial charge in [-0.1, -0.05) is 5.21 Å². The Labute approximate surface area is 107 Å². The SMILES string of the molecule is Cn1nnc(CCC(O)(P(=O)(O)O)P(=O)(O)O)c1N. The summed E-state index contributed by atoms with van der Waals surface area (Å²) in [7, 11) is -9.45. The van der Waals surface area contributed by atoms with Crippen LogP contribution in [0.1, 0.15) is 12.1 Å². The molecule has 1 heterocycles. The first-order valence-electron chi connectivity index (χ1n) is 4.88. The van der Waals surface area contributed by atoms with Gasteiger partial charge >= 0.3 is 15.2 Å². The van der Waals surface area contributed by atoms with Crippen LogP contribution in [0.2, 0.25) is 0 Å². The Morgan fingerprint density at radius 1 is 1.26 bits per heavy atom. The zero-order valence-electron chi connectivity index (χ0n) is 9.78. The third-order valence-electron chi connectivity index (χ3n) is 2.57. The van der Waals surface area contributed by atoms with Gasteiger partial charge in [0.25, 0.3) is 5.08 Å². The van der Waals surface area contributed by atoms with Crippen LogP contribution >= 0.6 is 15.2 Å². The van der Waals surface area contributed by atoms with Crippen molar-refractivity contribution in [3.05, 3.63) is 5.69 Å². The van der Waals surface area contributed by atoms with Crippen molar-refractivity contribution in [2.75, 3.05) is 5.73 Å². The number of nitrogens with zero attached hydrogens (tertiary/aromatic N) is 3. The number of rotatable bonds is 5. The van der Waals surface area contributed by atoms with Crippen LogP contribution in [0, 0.1) is 0 Å². The number of nitrogens with two attached hydrogens (primary N) is 1. The Bertz CT molecular complexity index is 538. The molecule has 0 saturated heterocycles.